The van der Waals surface area contributed by atoms with Crippen LogP contribution in [0, 0.1) is 17.2 Å². The first-order valence-electron chi connectivity index (χ1n) is 7.36. The Balaban J connectivity index is 1.90. The fourth-order valence-corrected chi connectivity index (χ4v) is 2.59. The van der Waals surface area contributed by atoms with Crippen LogP contribution in [-0.4, -0.2) is 11.0 Å². The number of hydrogen-bond acceptors (Lipinski definition) is 3. The Labute approximate surface area is 119 Å². The van der Waals surface area contributed by atoms with Gasteiger partial charge in [0.1, 0.15) is 11.9 Å². The molecule has 0 saturated heterocycles. The van der Waals surface area contributed by atoms with Crippen LogP contribution in [-0.2, 0) is 0 Å². The van der Waals surface area contributed by atoms with Crippen LogP contribution in [0.5, 0.6) is 0 Å². The third kappa shape index (κ3) is 2.75. The molecule has 3 rings (SSSR count). The molecule has 1 N–H and O–H groups in total. The van der Waals surface area contributed by atoms with Gasteiger partial charge in [0.2, 0.25) is 0 Å². The number of aromatic nitrogens is 1. The first-order chi connectivity index (χ1) is 9.80. The van der Waals surface area contributed by atoms with Crippen LogP contribution < -0.4 is 5.32 Å². The van der Waals surface area contributed by atoms with Gasteiger partial charge in [-0.05, 0) is 30.9 Å². The largest absolute Gasteiger partial charge is 0.366 e. The molecule has 0 spiro atoms. The number of nitrogens with one attached hydrogen (secondary N) is 1. The molecule has 102 valence electrons. The number of anilines is 1. The molecule has 3 nitrogen and oxygen atoms in total. The van der Waals surface area contributed by atoms with E-state index in [4.69, 9.17) is 0 Å². The molecule has 1 aromatic carbocycles. The fourth-order valence-electron chi connectivity index (χ4n) is 2.59. The molecule has 0 radical (unpaired) electrons. The van der Waals surface area contributed by atoms with E-state index in [1.165, 1.54) is 19.3 Å². The first kappa shape index (κ1) is 12.9. The van der Waals surface area contributed by atoms with E-state index in [9.17, 15) is 5.26 Å². The maximum atomic E-state index is 9.33. The molecule has 1 aliphatic carbocycles. The van der Waals surface area contributed by atoms with Crippen molar-refractivity contribution in [2.45, 2.75) is 38.6 Å². The van der Waals surface area contributed by atoms with Crippen LogP contribution in [0.1, 0.15) is 38.2 Å². The number of para-hydroxylation sites is 1. The van der Waals surface area contributed by atoms with E-state index in [2.05, 4.69) is 23.3 Å². The second-order valence-corrected chi connectivity index (χ2v) is 5.62. The van der Waals surface area contributed by atoms with Gasteiger partial charge in [-0.2, -0.15) is 5.26 Å². The predicted molar refractivity (Wildman–Crippen MR) is 81.5 cm³/mol. The first-order valence-corrected chi connectivity index (χ1v) is 7.36. The van der Waals surface area contributed by atoms with E-state index in [0.717, 1.165) is 29.1 Å². The van der Waals surface area contributed by atoms with E-state index in [-0.39, 0.29) is 0 Å². The van der Waals surface area contributed by atoms with Gasteiger partial charge in [0.15, 0.2) is 0 Å². The minimum Gasteiger partial charge on any atom is -0.366 e. The Bertz CT molecular complexity index is 653. The van der Waals surface area contributed by atoms with Gasteiger partial charge in [-0.3, -0.25) is 0 Å². The molecule has 1 heterocycles. The van der Waals surface area contributed by atoms with Crippen molar-refractivity contribution in [1.82, 2.24) is 4.98 Å². The van der Waals surface area contributed by atoms with Crippen LogP contribution in [0.2, 0.25) is 0 Å². The lowest BCUT2D eigenvalue weighted by molar-refractivity contribution is 0.585. The molecular weight excluding hydrogens is 246 g/mol. The zero-order chi connectivity index (χ0) is 13.9. The minimum absolute atomic E-state index is 0.420. The molecule has 1 saturated carbocycles. The average molecular weight is 265 g/mol. The summed E-state index contributed by atoms with van der Waals surface area (Å²) >= 11 is 0. The molecule has 20 heavy (non-hydrogen) atoms. The number of rotatable bonds is 5. The predicted octanol–water partition coefficient (Wildman–Crippen LogP) is 4.10. The Morgan fingerprint density at radius 1 is 1.40 bits per heavy atom. The molecule has 1 atom stereocenters. The second-order valence-electron chi connectivity index (χ2n) is 5.62. The van der Waals surface area contributed by atoms with Crippen LogP contribution in [0.15, 0.2) is 30.3 Å². The van der Waals surface area contributed by atoms with E-state index in [1.807, 2.05) is 30.3 Å². The summed E-state index contributed by atoms with van der Waals surface area (Å²) in [5.74, 6) is 1.61. The molecule has 1 aromatic heterocycles. The highest BCUT2D eigenvalue weighted by molar-refractivity contribution is 5.82. The van der Waals surface area contributed by atoms with E-state index < -0.39 is 0 Å². The molecule has 0 amide bonds. The van der Waals surface area contributed by atoms with Gasteiger partial charge < -0.3 is 5.32 Å². The summed E-state index contributed by atoms with van der Waals surface area (Å²) < 4.78 is 0. The van der Waals surface area contributed by atoms with Gasteiger partial charge in [-0.25, -0.2) is 4.98 Å². The van der Waals surface area contributed by atoms with Crippen molar-refractivity contribution in [3.63, 3.8) is 0 Å². The lowest BCUT2D eigenvalue weighted by Crippen LogP contribution is -2.20. The summed E-state index contributed by atoms with van der Waals surface area (Å²) in [7, 11) is 0. The third-order valence-electron chi connectivity index (χ3n) is 3.99. The van der Waals surface area contributed by atoms with Crippen molar-refractivity contribution in [3.8, 4) is 6.07 Å². The molecular formula is C17H19N3. The van der Waals surface area contributed by atoms with Crippen molar-refractivity contribution in [2.75, 3.05) is 5.32 Å². The summed E-state index contributed by atoms with van der Waals surface area (Å²) in [5.41, 5.74) is 1.58. The molecule has 1 fully saturated rings. The standard InChI is InChI=1S/C17H19N3/c1-2-15(9-12-7-8-12)19-17-14(11-18)10-13-5-3-4-6-16(13)20-17/h3-6,10,12,15H,2,7-9H2,1H3,(H,19,20). The van der Waals surface area contributed by atoms with Crippen molar-refractivity contribution in [2.24, 2.45) is 5.92 Å². The number of nitriles is 1. The molecule has 0 aliphatic heterocycles. The summed E-state index contributed by atoms with van der Waals surface area (Å²) in [6.45, 7) is 2.19. The number of nitrogens with zero attached hydrogens (tertiary/aromatic N) is 2. The summed E-state index contributed by atoms with van der Waals surface area (Å²) in [4.78, 5) is 4.63. The topological polar surface area (TPSA) is 48.7 Å². The van der Waals surface area contributed by atoms with Gasteiger partial charge in [-0.1, -0.05) is 38.0 Å². The quantitative estimate of drug-likeness (QED) is 0.885. The summed E-state index contributed by atoms with van der Waals surface area (Å²) in [6.07, 6.45) is 4.97. The SMILES string of the molecule is CCC(CC1CC1)Nc1nc2ccccc2cc1C#N. The zero-order valence-corrected chi connectivity index (χ0v) is 11.8. The van der Waals surface area contributed by atoms with Crippen molar-refractivity contribution >= 4 is 16.7 Å². The number of fused-ring (bicyclic) bond motifs is 1. The van der Waals surface area contributed by atoms with Gasteiger partial charge in [0.05, 0.1) is 11.1 Å². The van der Waals surface area contributed by atoms with E-state index >= 15 is 0 Å². The number of hydrogen-bond donors (Lipinski definition) is 1. The van der Waals surface area contributed by atoms with Crippen molar-refractivity contribution in [1.29, 1.82) is 5.26 Å². The minimum atomic E-state index is 0.420. The van der Waals surface area contributed by atoms with Gasteiger partial charge in [0, 0.05) is 11.4 Å². The summed E-state index contributed by atoms with van der Waals surface area (Å²) in [6, 6.07) is 12.5. The Kier molecular flexibility index (Phi) is 3.56. The normalized spacial score (nSPS) is 15.8. The monoisotopic (exact) mass is 265 g/mol. The van der Waals surface area contributed by atoms with Gasteiger partial charge in [0.25, 0.3) is 0 Å². The van der Waals surface area contributed by atoms with Crippen LogP contribution in [0.25, 0.3) is 10.9 Å². The van der Waals surface area contributed by atoms with Crippen LogP contribution in [0.3, 0.4) is 0 Å². The summed E-state index contributed by atoms with van der Waals surface area (Å²) in [5, 5.41) is 13.8. The number of benzene rings is 1. The van der Waals surface area contributed by atoms with Crippen molar-refractivity contribution in [3.05, 3.63) is 35.9 Å². The van der Waals surface area contributed by atoms with Crippen molar-refractivity contribution < 1.29 is 0 Å². The molecule has 1 unspecified atom stereocenters. The highest BCUT2D eigenvalue weighted by Gasteiger charge is 2.25. The average Bonchev–Trinajstić information content (AvgIpc) is 3.29. The highest BCUT2D eigenvalue weighted by atomic mass is 15.0. The zero-order valence-electron chi connectivity index (χ0n) is 11.8. The Morgan fingerprint density at radius 2 is 2.20 bits per heavy atom. The number of pyridine rings is 1. The maximum absolute atomic E-state index is 9.33. The maximum Gasteiger partial charge on any atom is 0.144 e. The lowest BCUT2D eigenvalue weighted by Gasteiger charge is -2.18. The Hall–Kier alpha value is -2.08. The van der Waals surface area contributed by atoms with Gasteiger partial charge >= 0.3 is 0 Å². The smallest absolute Gasteiger partial charge is 0.144 e. The van der Waals surface area contributed by atoms with Gasteiger partial charge in [-0.15, -0.1) is 0 Å². The molecule has 2 aromatic rings. The van der Waals surface area contributed by atoms with Crippen LogP contribution in [0.4, 0.5) is 5.82 Å². The second kappa shape index (κ2) is 5.50. The molecule has 1 aliphatic rings. The molecule has 0 bridgehead atoms. The van der Waals surface area contributed by atoms with Crippen LogP contribution >= 0.6 is 0 Å². The third-order valence-corrected chi connectivity index (χ3v) is 3.99. The lowest BCUT2D eigenvalue weighted by atomic mass is 10.1. The highest BCUT2D eigenvalue weighted by Crippen LogP contribution is 2.35. The fraction of sp³-hybridized carbons (Fsp3) is 0.412. The van der Waals surface area contributed by atoms with E-state index in [1.54, 1.807) is 0 Å². The van der Waals surface area contributed by atoms with E-state index in [0.29, 0.717) is 11.6 Å². The molecule has 3 heteroatoms. The Morgan fingerprint density at radius 3 is 2.90 bits per heavy atom.